The van der Waals surface area contributed by atoms with Gasteiger partial charge in [0.2, 0.25) is 0 Å². The van der Waals surface area contributed by atoms with E-state index in [1.165, 1.54) is 24.3 Å². The van der Waals surface area contributed by atoms with Gasteiger partial charge in [0.1, 0.15) is 5.76 Å². The van der Waals surface area contributed by atoms with Crippen LogP contribution < -0.4 is 5.11 Å². The molecule has 7 heteroatoms. The van der Waals surface area contributed by atoms with Crippen molar-refractivity contribution in [2.24, 2.45) is 0 Å². The average Bonchev–Trinajstić information content (AvgIpc) is 2.87. The van der Waals surface area contributed by atoms with Crippen molar-refractivity contribution in [3.8, 4) is 0 Å². The first kappa shape index (κ1) is 17.7. The van der Waals surface area contributed by atoms with Crippen LogP contribution >= 0.6 is 11.6 Å². The molecule has 0 aliphatic carbocycles. The SMILES string of the molecule is O=C([O-])CN1C(=O)C(=O)C(=C(O)c2ccc(Cl)cc2)[C@H]1c1ccccc1. The number of ketones is 1. The van der Waals surface area contributed by atoms with E-state index in [1.807, 2.05) is 0 Å². The van der Waals surface area contributed by atoms with Crippen molar-refractivity contribution >= 4 is 35.0 Å². The van der Waals surface area contributed by atoms with E-state index in [0.29, 0.717) is 16.1 Å². The van der Waals surface area contributed by atoms with Crippen LogP contribution in [0.4, 0.5) is 0 Å². The monoisotopic (exact) mass is 370 g/mol. The van der Waals surface area contributed by atoms with E-state index in [1.54, 1.807) is 30.3 Å². The first-order valence-corrected chi connectivity index (χ1v) is 8.07. The molecule has 1 N–H and O–H groups in total. The topological polar surface area (TPSA) is 97.7 Å². The maximum atomic E-state index is 12.5. The Balaban J connectivity index is 2.18. The number of benzene rings is 2. The fraction of sp³-hybridized carbons (Fsp3) is 0.105. The molecule has 0 bridgehead atoms. The van der Waals surface area contributed by atoms with E-state index in [9.17, 15) is 24.6 Å². The molecule has 1 heterocycles. The van der Waals surface area contributed by atoms with E-state index in [4.69, 9.17) is 11.6 Å². The van der Waals surface area contributed by atoms with Crippen molar-refractivity contribution in [1.29, 1.82) is 0 Å². The quantitative estimate of drug-likeness (QED) is 0.500. The number of hydrogen-bond donors (Lipinski definition) is 1. The summed E-state index contributed by atoms with van der Waals surface area (Å²) >= 11 is 5.83. The number of nitrogens with zero attached hydrogens (tertiary/aromatic N) is 1. The Morgan fingerprint density at radius 2 is 1.69 bits per heavy atom. The number of aliphatic carboxylic acids is 1. The van der Waals surface area contributed by atoms with Gasteiger partial charge < -0.3 is 19.9 Å². The molecule has 0 unspecified atom stereocenters. The Morgan fingerprint density at radius 3 is 2.27 bits per heavy atom. The first-order valence-electron chi connectivity index (χ1n) is 7.69. The molecule has 26 heavy (non-hydrogen) atoms. The van der Waals surface area contributed by atoms with Crippen LogP contribution in [0.5, 0.6) is 0 Å². The van der Waals surface area contributed by atoms with Gasteiger partial charge in [-0.3, -0.25) is 9.59 Å². The summed E-state index contributed by atoms with van der Waals surface area (Å²) in [4.78, 5) is 36.8. The fourth-order valence-electron chi connectivity index (χ4n) is 2.93. The second-order valence-corrected chi connectivity index (χ2v) is 6.15. The lowest BCUT2D eigenvalue weighted by molar-refractivity contribution is -0.306. The highest BCUT2D eigenvalue weighted by Crippen LogP contribution is 2.39. The molecular formula is C19H13ClNO5-. The minimum absolute atomic E-state index is 0.176. The number of carboxylic acids is 1. The van der Waals surface area contributed by atoms with Gasteiger partial charge in [-0.15, -0.1) is 0 Å². The molecular weight excluding hydrogens is 358 g/mol. The number of carboxylic acid groups (broad SMARTS) is 1. The Hall–Kier alpha value is -3.12. The minimum atomic E-state index is -1.50. The smallest absolute Gasteiger partial charge is 0.295 e. The highest BCUT2D eigenvalue weighted by Gasteiger charge is 2.45. The normalized spacial score (nSPS) is 19.0. The van der Waals surface area contributed by atoms with E-state index < -0.39 is 36.0 Å². The first-order chi connectivity index (χ1) is 12.4. The number of likely N-dealkylation sites (tertiary alicyclic amines) is 1. The molecule has 0 aromatic heterocycles. The van der Waals surface area contributed by atoms with Gasteiger partial charge in [-0.1, -0.05) is 41.9 Å². The zero-order valence-electron chi connectivity index (χ0n) is 13.4. The summed E-state index contributed by atoms with van der Waals surface area (Å²) in [6.07, 6.45) is 0. The molecule has 1 atom stereocenters. The average molecular weight is 371 g/mol. The van der Waals surface area contributed by atoms with E-state index >= 15 is 0 Å². The third-order valence-corrected chi connectivity index (χ3v) is 4.32. The summed E-state index contributed by atoms with van der Waals surface area (Å²) in [6.45, 7) is -0.762. The molecule has 6 nitrogen and oxygen atoms in total. The molecule has 0 spiro atoms. The standard InChI is InChI=1S/C19H14ClNO5/c20-13-8-6-12(7-9-13)17(24)15-16(11-4-2-1-3-5-11)21(10-14(22)23)19(26)18(15)25/h1-9,16,24H,10H2,(H,22,23)/p-1/t16-/m1/s1. The Kier molecular flexibility index (Phi) is 4.77. The number of rotatable bonds is 4. The van der Waals surface area contributed by atoms with Gasteiger partial charge in [-0.2, -0.15) is 0 Å². The summed E-state index contributed by atoms with van der Waals surface area (Å²) in [5.41, 5.74) is 0.620. The summed E-state index contributed by atoms with van der Waals surface area (Å²) in [7, 11) is 0. The van der Waals surface area contributed by atoms with E-state index in [0.717, 1.165) is 4.90 Å². The van der Waals surface area contributed by atoms with Gasteiger partial charge in [0.15, 0.2) is 0 Å². The lowest BCUT2D eigenvalue weighted by Gasteiger charge is -2.25. The highest BCUT2D eigenvalue weighted by molar-refractivity contribution is 6.46. The van der Waals surface area contributed by atoms with Gasteiger partial charge in [-0.25, -0.2) is 0 Å². The lowest BCUT2D eigenvalue weighted by Crippen LogP contribution is -2.40. The number of carbonyl (C=O) groups is 3. The maximum absolute atomic E-state index is 12.5. The number of aliphatic hydroxyl groups excluding tert-OH is 1. The number of aliphatic hydroxyl groups is 1. The van der Waals surface area contributed by atoms with Crippen LogP contribution in [0.1, 0.15) is 17.2 Å². The van der Waals surface area contributed by atoms with Crippen LogP contribution in [0.15, 0.2) is 60.2 Å². The van der Waals surface area contributed by atoms with Gasteiger partial charge in [0.05, 0.1) is 24.1 Å². The molecule has 1 amide bonds. The zero-order valence-corrected chi connectivity index (χ0v) is 14.1. The van der Waals surface area contributed by atoms with Crippen LogP contribution in [-0.4, -0.2) is 34.2 Å². The third kappa shape index (κ3) is 3.19. The second kappa shape index (κ2) is 7.01. The molecule has 1 aliphatic heterocycles. The summed E-state index contributed by atoms with van der Waals surface area (Å²) in [6, 6.07) is 13.5. The lowest BCUT2D eigenvalue weighted by atomic mass is 9.95. The van der Waals surface area contributed by atoms with Crippen LogP contribution in [0, 0.1) is 0 Å². The second-order valence-electron chi connectivity index (χ2n) is 5.72. The van der Waals surface area contributed by atoms with Crippen LogP contribution in [0.3, 0.4) is 0 Å². The van der Waals surface area contributed by atoms with Crippen molar-refractivity contribution in [3.05, 3.63) is 76.3 Å². The zero-order chi connectivity index (χ0) is 18.8. The third-order valence-electron chi connectivity index (χ3n) is 4.07. The van der Waals surface area contributed by atoms with Crippen LogP contribution in [-0.2, 0) is 14.4 Å². The molecule has 1 saturated heterocycles. The van der Waals surface area contributed by atoms with Crippen LogP contribution in [0.25, 0.3) is 5.76 Å². The van der Waals surface area contributed by atoms with Gasteiger partial charge in [0.25, 0.3) is 11.7 Å². The van der Waals surface area contributed by atoms with E-state index in [-0.39, 0.29) is 5.57 Å². The minimum Gasteiger partial charge on any atom is -0.548 e. The Bertz CT molecular complexity index is 905. The van der Waals surface area contributed by atoms with Gasteiger partial charge in [-0.05, 0) is 29.8 Å². The van der Waals surface area contributed by atoms with Crippen LogP contribution in [0.2, 0.25) is 5.02 Å². The van der Waals surface area contributed by atoms with Crippen molar-refractivity contribution in [1.82, 2.24) is 4.90 Å². The molecule has 2 aromatic carbocycles. The van der Waals surface area contributed by atoms with Gasteiger partial charge >= 0.3 is 0 Å². The molecule has 1 fully saturated rings. The number of carbonyl (C=O) groups excluding carboxylic acids is 3. The molecule has 2 aromatic rings. The maximum Gasteiger partial charge on any atom is 0.295 e. The molecule has 132 valence electrons. The summed E-state index contributed by atoms with van der Waals surface area (Å²) in [5, 5.41) is 22.2. The molecule has 1 aliphatic rings. The molecule has 0 radical (unpaired) electrons. The predicted octanol–water partition coefficient (Wildman–Crippen LogP) is 1.51. The predicted molar refractivity (Wildman–Crippen MR) is 91.9 cm³/mol. The highest BCUT2D eigenvalue weighted by atomic mass is 35.5. The largest absolute Gasteiger partial charge is 0.548 e. The Labute approximate surface area is 153 Å². The fourth-order valence-corrected chi connectivity index (χ4v) is 3.05. The van der Waals surface area contributed by atoms with E-state index in [2.05, 4.69) is 0 Å². The molecule has 3 rings (SSSR count). The van der Waals surface area contributed by atoms with Gasteiger partial charge in [0, 0.05) is 10.6 Å². The van der Waals surface area contributed by atoms with Crippen molar-refractivity contribution in [2.45, 2.75) is 6.04 Å². The summed E-state index contributed by atoms with van der Waals surface area (Å²) in [5.74, 6) is -3.85. The number of halogens is 1. The van der Waals surface area contributed by atoms with Crippen molar-refractivity contribution in [3.63, 3.8) is 0 Å². The number of Topliss-reactive ketones (excluding diaryl/α,β-unsaturated/α-hetero) is 1. The number of hydrogen-bond acceptors (Lipinski definition) is 5. The van der Waals surface area contributed by atoms with Crippen molar-refractivity contribution < 1.29 is 24.6 Å². The molecule has 0 saturated carbocycles. The number of amides is 1. The van der Waals surface area contributed by atoms with Crippen molar-refractivity contribution in [2.75, 3.05) is 6.54 Å². The Morgan fingerprint density at radius 1 is 1.08 bits per heavy atom. The summed E-state index contributed by atoms with van der Waals surface area (Å²) < 4.78 is 0.